The van der Waals surface area contributed by atoms with E-state index in [0.29, 0.717) is 6.42 Å². The molecule has 10 nitrogen and oxygen atoms in total. The number of carboxylic acid groups (broad SMARTS) is 1. The fourth-order valence-corrected chi connectivity index (χ4v) is 10.5. The topological polar surface area (TPSA) is 146 Å². The minimum Gasteiger partial charge on any atom is -0.502 e. The summed E-state index contributed by atoms with van der Waals surface area (Å²) >= 11 is 2.68. The van der Waals surface area contributed by atoms with Gasteiger partial charge in [0.15, 0.2) is 11.5 Å². The minimum absolute atomic E-state index is 0.00125. The molecule has 3 fully saturated rings. The van der Waals surface area contributed by atoms with Crippen LogP contribution in [-0.4, -0.2) is 63.4 Å². The lowest BCUT2D eigenvalue weighted by molar-refractivity contribution is -0.156. The van der Waals surface area contributed by atoms with Gasteiger partial charge in [-0.1, -0.05) is 25.2 Å². The minimum atomic E-state index is -1.18. The number of thioether (sulfide) groups is 1. The van der Waals surface area contributed by atoms with Crippen molar-refractivity contribution in [1.82, 2.24) is 9.88 Å². The summed E-state index contributed by atoms with van der Waals surface area (Å²) in [5.41, 5.74) is 0.786. The first kappa shape index (κ1) is 26.2. The van der Waals surface area contributed by atoms with E-state index >= 15 is 0 Å². The molecule has 4 aliphatic rings. The lowest BCUT2D eigenvalue weighted by atomic mass is 9.68. The zero-order chi connectivity index (χ0) is 27.9. The fourth-order valence-electron chi connectivity index (χ4n) is 7.58. The number of phenolic OH excluding ortho intramolecular Hbond substituents is 1. The SMILES string of the molecule is COc1cc(C2c3sc(=O)[nH]c3SC3C4CC(C5C(=O)N(C(CC(C)C)C(=O)O)C(=O)C45)C23)cc(OC)c1O. The number of aromatic hydroxyl groups is 1. The van der Waals surface area contributed by atoms with Gasteiger partial charge in [-0.05, 0) is 54.2 Å². The van der Waals surface area contributed by atoms with Crippen LogP contribution in [0.25, 0.3) is 0 Å². The number of aromatic amines is 1. The number of methoxy groups -OCH3 is 2. The van der Waals surface area contributed by atoms with E-state index in [1.54, 1.807) is 23.9 Å². The molecule has 3 N–H and O–H groups in total. The third-order valence-electron chi connectivity index (χ3n) is 8.91. The molecule has 2 aliphatic carbocycles. The Kier molecular flexibility index (Phi) is 6.25. The van der Waals surface area contributed by atoms with Gasteiger partial charge in [-0.3, -0.25) is 19.3 Å². The molecule has 0 spiro atoms. The van der Waals surface area contributed by atoms with E-state index in [-0.39, 0.29) is 75.2 Å². The summed E-state index contributed by atoms with van der Waals surface area (Å²) in [6, 6.07) is 2.30. The van der Waals surface area contributed by atoms with Crippen LogP contribution >= 0.6 is 23.1 Å². The number of aromatic nitrogens is 1. The normalized spacial score (nSPS) is 31.3. The van der Waals surface area contributed by atoms with Crippen LogP contribution in [-0.2, 0) is 14.4 Å². The largest absolute Gasteiger partial charge is 0.502 e. The molecule has 208 valence electrons. The lowest BCUT2D eigenvalue weighted by Crippen LogP contribution is -2.47. The number of nitrogens with zero attached hydrogens (tertiary/aromatic N) is 1. The number of likely N-dealkylation sites (tertiary alicyclic amines) is 1. The second kappa shape index (κ2) is 9.29. The Morgan fingerprint density at radius 1 is 1.10 bits per heavy atom. The molecule has 8 unspecified atom stereocenters. The van der Waals surface area contributed by atoms with E-state index < -0.39 is 23.8 Å². The fraction of sp³-hybridized carbons (Fsp3) is 0.556. The van der Waals surface area contributed by atoms with Gasteiger partial charge in [0.25, 0.3) is 0 Å². The summed E-state index contributed by atoms with van der Waals surface area (Å²) in [5, 5.41) is 21.2. The number of carbonyl (C=O) groups excluding carboxylic acids is 2. The Morgan fingerprint density at radius 3 is 2.28 bits per heavy atom. The van der Waals surface area contributed by atoms with Gasteiger partial charge in [-0.15, -0.1) is 11.8 Å². The summed E-state index contributed by atoms with van der Waals surface area (Å²) < 4.78 is 10.8. The van der Waals surface area contributed by atoms with Gasteiger partial charge in [-0.25, -0.2) is 4.79 Å². The Morgan fingerprint density at radius 2 is 1.72 bits per heavy atom. The molecular weight excluding hydrogens is 544 g/mol. The molecular formula is C27H30N2O8S2. The number of aliphatic carboxylic acids is 1. The van der Waals surface area contributed by atoms with Crippen LogP contribution < -0.4 is 14.3 Å². The second-order valence-electron chi connectivity index (χ2n) is 11.3. The first-order chi connectivity index (χ1) is 18.6. The van der Waals surface area contributed by atoms with Crippen molar-refractivity contribution < 1.29 is 34.1 Å². The van der Waals surface area contributed by atoms with Gasteiger partial charge in [0.05, 0.1) is 31.1 Å². The van der Waals surface area contributed by atoms with Crippen LogP contribution in [0.5, 0.6) is 17.2 Å². The molecule has 6 rings (SSSR count). The standard InChI is InChI=1S/C27H30N2O8S2/c1-9(2)5-13(26(33)34)29-24(31)18-11-8-12(19(18)25(29)32)21-17(11)16(22-23(38-21)28-27(35)39-22)10-6-14(36-3)20(30)15(7-10)37-4/h6-7,9,11-13,16-19,21,30H,5,8H2,1-4H3,(H,28,35)(H,33,34). The maximum atomic E-state index is 13.8. The van der Waals surface area contributed by atoms with Crippen molar-refractivity contribution >= 4 is 40.9 Å². The molecule has 2 aromatic rings. The Bertz CT molecular complexity index is 1410. The number of nitrogens with one attached hydrogen (secondary N) is 1. The monoisotopic (exact) mass is 574 g/mol. The van der Waals surface area contributed by atoms with E-state index in [0.717, 1.165) is 31.7 Å². The van der Waals surface area contributed by atoms with Crippen molar-refractivity contribution in [2.24, 2.45) is 35.5 Å². The van der Waals surface area contributed by atoms with Crippen LogP contribution in [0.15, 0.2) is 22.0 Å². The van der Waals surface area contributed by atoms with E-state index in [4.69, 9.17) is 9.47 Å². The van der Waals surface area contributed by atoms with Gasteiger partial charge in [0, 0.05) is 16.0 Å². The Balaban J connectivity index is 1.45. The third kappa shape index (κ3) is 3.74. The van der Waals surface area contributed by atoms with Gasteiger partial charge < -0.3 is 24.7 Å². The number of imide groups is 1. The predicted molar refractivity (Wildman–Crippen MR) is 142 cm³/mol. The van der Waals surface area contributed by atoms with E-state index in [1.165, 1.54) is 14.2 Å². The first-order valence-electron chi connectivity index (χ1n) is 13.0. The average molecular weight is 575 g/mol. The molecule has 3 heterocycles. The maximum Gasteiger partial charge on any atom is 0.326 e. The van der Waals surface area contributed by atoms with E-state index in [2.05, 4.69) is 4.98 Å². The molecule has 39 heavy (non-hydrogen) atoms. The number of H-pyrrole nitrogens is 1. The Hall–Kier alpha value is -2.99. The quantitative estimate of drug-likeness (QED) is 0.425. The van der Waals surface area contributed by atoms with E-state index in [9.17, 15) is 29.4 Å². The predicted octanol–water partition coefficient (Wildman–Crippen LogP) is 3.13. The van der Waals surface area contributed by atoms with Crippen LogP contribution in [0.4, 0.5) is 0 Å². The molecule has 2 aliphatic heterocycles. The summed E-state index contributed by atoms with van der Waals surface area (Å²) in [6.45, 7) is 3.75. The van der Waals surface area contributed by atoms with Crippen LogP contribution in [0.3, 0.4) is 0 Å². The number of thiazole rings is 1. The molecule has 2 bridgehead atoms. The molecule has 1 aromatic heterocycles. The number of fused-ring (bicyclic) bond motifs is 9. The van der Waals surface area contributed by atoms with Gasteiger partial charge in [-0.2, -0.15) is 0 Å². The second-order valence-corrected chi connectivity index (χ2v) is 13.5. The highest BCUT2D eigenvalue weighted by atomic mass is 32.2. The van der Waals surface area contributed by atoms with Crippen LogP contribution in [0.2, 0.25) is 0 Å². The van der Waals surface area contributed by atoms with Crippen molar-refractivity contribution in [2.45, 2.75) is 48.9 Å². The van der Waals surface area contributed by atoms with Gasteiger partial charge in [0.1, 0.15) is 6.04 Å². The summed E-state index contributed by atoms with van der Waals surface area (Å²) in [7, 11) is 2.90. The number of carboxylic acids is 1. The van der Waals surface area contributed by atoms with Crippen LogP contribution in [0, 0.1) is 35.5 Å². The number of hydrogen-bond donors (Lipinski definition) is 3. The highest BCUT2D eigenvalue weighted by Gasteiger charge is 2.70. The number of ether oxygens (including phenoxy) is 2. The zero-order valence-corrected chi connectivity index (χ0v) is 23.5. The van der Waals surface area contributed by atoms with Gasteiger partial charge >= 0.3 is 10.8 Å². The molecule has 2 amide bonds. The van der Waals surface area contributed by atoms with E-state index in [1.807, 2.05) is 13.8 Å². The Labute approximate surface area is 232 Å². The van der Waals surface area contributed by atoms with Crippen LogP contribution in [0.1, 0.15) is 43.0 Å². The summed E-state index contributed by atoms with van der Waals surface area (Å²) in [6.07, 6.45) is 0.893. The molecule has 8 atom stereocenters. The van der Waals surface area contributed by atoms with Crippen molar-refractivity contribution in [3.05, 3.63) is 32.2 Å². The number of carbonyl (C=O) groups is 3. The number of hydrogen-bond acceptors (Lipinski definition) is 9. The van der Waals surface area contributed by atoms with Crippen molar-refractivity contribution in [2.75, 3.05) is 14.2 Å². The molecule has 12 heteroatoms. The number of rotatable bonds is 7. The average Bonchev–Trinajstić information content (AvgIpc) is 3.61. The molecule has 2 saturated carbocycles. The highest BCUT2D eigenvalue weighted by Crippen LogP contribution is 2.69. The lowest BCUT2D eigenvalue weighted by Gasteiger charge is -2.43. The van der Waals surface area contributed by atoms with Crippen molar-refractivity contribution in [3.8, 4) is 17.2 Å². The third-order valence-corrected chi connectivity index (χ3v) is 11.5. The summed E-state index contributed by atoms with van der Waals surface area (Å²) in [4.78, 5) is 56.9. The van der Waals surface area contributed by atoms with Crippen molar-refractivity contribution in [3.63, 3.8) is 0 Å². The number of amides is 2. The summed E-state index contributed by atoms with van der Waals surface area (Å²) in [5.74, 6) is -3.37. The number of benzene rings is 1. The molecule has 1 aromatic carbocycles. The maximum absolute atomic E-state index is 13.8. The van der Waals surface area contributed by atoms with Crippen molar-refractivity contribution in [1.29, 1.82) is 0 Å². The zero-order valence-electron chi connectivity index (χ0n) is 21.9. The first-order valence-corrected chi connectivity index (χ1v) is 14.7. The van der Waals surface area contributed by atoms with Gasteiger partial charge in [0.2, 0.25) is 17.6 Å². The molecule has 1 saturated heterocycles. The highest BCUT2D eigenvalue weighted by molar-refractivity contribution is 8.00. The smallest absolute Gasteiger partial charge is 0.326 e. The molecule has 0 radical (unpaired) electrons. The number of phenols is 1.